The molecule has 0 aromatic carbocycles. The minimum absolute atomic E-state index is 0.366. The molecule has 4 nitrogen and oxygen atoms in total. The van der Waals surface area contributed by atoms with E-state index in [-0.39, 0.29) is 6.04 Å². The van der Waals surface area contributed by atoms with Gasteiger partial charge in [0.05, 0.1) is 6.04 Å². The van der Waals surface area contributed by atoms with Gasteiger partial charge in [-0.25, -0.2) is 4.79 Å². The number of halogens is 3. The quantitative estimate of drug-likeness (QED) is 0.605. The summed E-state index contributed by atoms with van der Waals surface area (Å²) >= 11 is 22.4. The molecule has 1 aliphatic rings. The molecule has 0 fully saturated rings. The highest BCUT2D eigenvalue weighted by Gasteiger charge is 2.29. The van der Waals surface area contributed by atoms with Crippen LogP contribution in [0.4, 0.5) is 0 Å². The summed E-state index contributed by atoms with van der Waals surface area (Å²) < 4.78 is 0.214. The van der Waals surface area contributed by atoms with E-state index in [1.807, 2.05) is 18.2 Å². The van der Waals surface area contributed by atoms with E-state index in [0.29, 0.717) is 10.8 Å². The molecule has 0 aliphatic heterocycles. The molecular weight excluding hydrogens is 341 g/mol. The fourth-order valence-electron chi connectivity index (χ4n) is 1.86. The summed E-state index contributed by atoms with van der Waals surface area (Å²) in [6.45, 7) is 4.15. The summed E-state index contributed by atoms with van der Waals surface area (Å²) in [5.41, 5.74) is 0.594. The van der Waals surface area contributed by atoms with Crippen molar-refractivity contribution in [2.45, 2.75) is 23.8 Å². The van der Waals surface area contributed by atoms with Crippen LogP contribution in [0, 0.1) is 5.92 Å². The lowest BCUT2D eigenvalue weighted by molar-refractivity contribution is 0.619. The van der Waals surface area contributed by atoms with Gasteiger partial charge < -0.3 is 0 Å². The van der Waals surface area contributed by atoms with Crippen molar-refractivity contribution >= 4 is 51.9 Å². The van der Waals surface area contributed by atoms with Crippen molar-refractivity contribution < 1.29 is 0 Å². The molecule has 1 aliphatic carbocycles. The number of nitrogens with zero attached hydrogens (tertiary/aromatic N) is 3. The molecule has 1 atom stereocenters. The molecule has 0 amide bonds. The Balaban J connectivity index is 2.37. The maximum absolute atomic E-state index is 12.2. The van der Waals surface area contributed by atoms with Crippen molar-refractivity contribution in [1.82, 2.24) is 14.3 Å². The molecule has 0 saturated heterocycles. The van der Waals surface area contributed by atoms with Crippen molar-refractivity contribution in [2.75, 3.05) is 0 Å². The van der Waals surface area contributed by atoms with Crippen LogP contribution < -0.4 is 5.69 Å². The first-order chi connectivity index (χ1) is 9.21. The third kappa shape index (κ3) is 3.01. The highest BCUT2D eigenvalue weighted by molar-refractivity contribution is 7.80. The first kappa shape index (κ1) is 15.8. The van der Waals surface area contributed by atoms with Crippen LogP contribution in [-0.4, -0.2) is 19.2 Å². The van der Waals surface area contributed by atoms with Crippen molar-refractivity contribution in [3.8, 4) is 0 Å². The largest absolute Gasteiger partial charge is 0.350 e. The van der Waals surface area contributed by atoms with Crippen LogP contribution in [0.5, 0.6) is 0 Å². The van der Waals surface area contributed by atoms with Crippen LogP contribution in [0.25, 0.3) is 0 Å². The highest BCUT2D eigenvalue weighted by Crippen LogP contribution is 2.30. The number of allylic oxidation sites excluding steroid dienone is 4. The second kappa shape index (κ2) is 5.64. The zero-order valence-corrected chi connectivity index (χ0v) is 13.8. The van der Waals surface area contributed by atoms with Crippen molar-refractivity contribution in [3.05, 3.63) is 40.6 Å². The average molecular weight is 353 g/mol. The predicted octanol–water partition coefficient (Wildman–Crippen LogP) is 3.39. The first-order valence-electron chi connectivity index (χ1n) is 5.89. The van der Waals surface area contributed by atoms with Crippen molar-refractivity contribution in [1.29, 1.82) is 0 Å². The van der Waals surface area contributed by atoms with E-state index in [2.05, 4.69) is 18.9 Å². The molecule has 8 heteroatoms. The average Bonchev–Trinajstić information content (AvgIpc) is 2.70. The summed E-state index contributed by atoms with van der Waals surface area (Å²) in [7, 11) is 0. The minimum Gasteiger partial charge on any atom is -0.269 e. The Bertz CT molecular complexity index is 652. The van der Waals surface area contributed by atoms with Crippen LogP contribution in [0.2, 0.25) is 0 Å². The van der Waals surface area contributed by atoms with Gasteiger partial charge in [-0.2, -0.15) is 9.78 Å². The van der Waals surface area contributed by atoms with Gasteiger partial charge in [0.2, 0.25) is 0 Å². The molecule has 0 N–H and O–H groups in total. The lowest BCUT2D eigenvalue weighted by atomic mass is 9.95. The van der Waals surface area contributed by atoms with Gasteiger partial charge in [0, 0.05) is 4.86 Å². The molecule has 1 aromatic rings. The molecule has 0 bridgehead atoms. The molecule has 108 valence electrons. The van der Waals surface area contributed by atoms with E-state index >= 15 is 0 Å². The number of rotatable bonds is 2. The van der Waals surface area contributed by atoms with E-state index < -0.39 is 9.61 Å². The van der Waals surface area contributed by atoms with Gasteiger partial charge in [-0.15, -0.1) is 0 Å². The Morgan fingerprint density at radius 2 is 2.05 bits per heavy atom. The first-order valence-corrected chi connectivity index (χ1v) is 7.43. The highest BCUT2D eigenvalue weighted by atomic mass is 35.6. The molecule has 0 spiro atoms. The van der Waals surface area contributed by atoms with E-state index in [4.69, 9.17) is 47.0 Å². The standard InChI is InChI=1S/C12H12Cl3N3OS/c1-7(2)8-3-4-9(10(20)5-8)17-6-16-18(11(17)19)12(13,14)15/h3-7,9H,1-2H3. The molecule has 0 radical (unpaired) electrons. The summed E-state index contributed by atoms with van der Waals surface area (Å²) in [5.74, 6) is 0.366. The fourth-order valence-corrected chi connectivity index (χ4v) is 2.54. The second-order valence-corrected chi connectivity index (χ2v) is 7.40. The number of aromatic nitrogens is 3. The second-order valence-electron chi connectivity index (χ2n) is 4.71. The van der Waals surface area contributed by atoms with E-state index in [9.17, 15) is 4.79 Å². The smallest absolute Gasteiger partial charge is 0.269 e. The Labute approximate surface area is 136 Å². The van der Waals surface area contributed by atoms with Crippen LogP contribution in [-0.2, 0) is 3.92 Å². The van der Waals surface area contributed by atoms with E-state index in [0.717, 1.165) is 10.3 Å². The van der Waals surface area contributed by atoms with Crippen molar-refractivity contribution in [2.24, 2.45) is 5.92 Å². The van der Waals surface area contributed by atoms with Gasteiger partial charge >= 0.3 is 5.69 Å². The Kier molecular flexibility index (Phi) is 4.44. The summed E-state index contributed by atoms with van der Waals surface area (Å²) in [6, 6.07) is -0.388. The zero-order valence-electron chi connectivity index (χ0n) is 10.8. The number of hydrogen-bond donors (Lipinski definition) is 0. The third-order valence-corrected chi connectivity index (χ3v) is 3.81. The molecule has 2 rings (SSSR count). The maximum atomic E-state index is 12.2. The van der Waals surface area contributed by atoms with Crippen LogP contribution in [0.1, 0.15) is 19.9 Å². The Morgan fingerprint density at radius 3 is 2.50 bits per heavy atom. The molecule has 1 heterocycles. The summed E-state index contributed by atoms with van der Waals surface area (Å²) in [6.07, 6.45) is 7.01. The van der Waals surface area contributed by atoms with Gasteiger partial charge in [0.1, 0.15) is 6.33 Å². The molecule has 0 saturated carbocycles. The number of hydrogen-bond acceptors (Lipinski definition) is 3. The lowest BCUT2D eigenvalue weighted by Gasteiger charge is -2.19. The molecule has 1 unspecified atom stereocenters. The molecule has 20 heavy (non-hydrogen) atoms. The lowest BCUT2D eigenvalue weighted by Crippen LogP contribution is -2.34. The molecule has 1 aromatic heterocycles. The van der Waals surface area contributed by atoms with Crippen LogP contribution in [0.15, 0.2) is 34.9 Å². The van der Waals surface area contributed by atoms with Gasteiger partial charge in [-0.1, -0.05) is 73.0 Å². The van der Waals surface area contributed by atoms with Gasteiger partial charge in [0.25, 0.3) is 3.92 Å². The normalized spacial score (nSPS) is 19.6. The summed E-state index contributed by atoms with van der Waals surface area (Å²) in [5, 5.41) is 3.81. The fraction of sp³-hybridized carbons (Fsp3) is 0.417. The van der Waals surface area contributed by atoms with Crippen LogP contribution in [0.3, 0.4) is 0 Å². The van der Waals surface area contributed by atoms with Crippen molar-refractivity contribution in [3.63, 3.8) is 0 Å². The SMILES string of the molecule is CC(C)C1=CC(=S)C(n2cnn(C(Cl)(Cl)Cl)c2=O)C=C1. The van der Waals surface area contributed by atoms with Gasteiger partial charge in [0.15, 0.2) is 0 Å². The topological polar surface area (TPSA) is 39.8 Å². The zero-order chi connectivity index (χ0) is 15.1. The minimum atomic E-state index is -1.92. The third-order valence-electron chi connectivity index (χ3n) is 2.97. The van der Waals surface area contributed by atoms with E-state index in [1.165, 1.54) is 10.9 Å². The molecular formula is C12H12Cl3N3OS. The van der Waals surface area contributed by atoms with E-state index in [1.54, 1.807) is 0 Å². The van der Waals surface area contributed by atoms with Crippen LogP contribution >= 0.6 is 47.0 Å². The Hall–Kier alpha value is -0.620. The summed E-state index contributed by atoms with van der Waals surface area (Å²) in [4.78, 5) is 12.8. The Morgan fingerprint density at radius 1 is 1.40 bits per heavy atom. The number of thiocarbonyl (C=S) groups is 1. The van der Waals surface area contributed by atoms with Gasteiger partial charge in [-0.3, -0.25) is 4.57 Å². The monoisotopic (exact) mass is 351 g/mol. The van der Waals surface area contributed by atoms with Gasteiger partial charge in [-0.05, 0) is 17.6 Å². The number of alkyl halides is 3. The maximum Gasteiger partial charge on any atom is 0.350 e. The predicted molar refractivity (Wildman–Crippen MR) is 85.7 cm³/mol.